The van der Waals surface area contributed by atoms with Gasteiger partial charge in [0.1, 0.15) is 0 Å². The Balaban J connectivity index is 3.49. The zero-order valence-electron chi connectivity index (χ0n) is 9.58. The maximum atomic E-state index is 12.5. The molecule has 1 aromatic rings. The lowest BCUT2D eigenvalue weighted by Gasteiger charge is -2.23. The van der Waals surface area contributed by atoms with Gasteiger partial charge in [-0.2, -0.15) is 26.3 Å². The van der Waals surface area contributed by atoms with E-state index in [4.69, 9.17) is 7.85 Å². The predicted octanol–water partition coefficient (Wildman–Crippen LogP) is 4.13. The summed E-state index contributed by atoms with van der Waals surface area (Å²) in [4.78, 5) is 0. The molecule has 0 aliphatic rings. The van der Waals surface area contributed by atoms with Crippen LogP contribution in [0.2, 0.25) is 0 Å². The molecule has 0 fully saturated rings. The highest BCUT2D eigenvalue weighted by Gasteiger charge is 2.37. The van der Waals surface area contributed by atoms with Gasteiger partial charge in [0.05, 0.1) is 19.0 Å². The number of alkyl halides is 6. The summed E-state index contributed by atoms with van der Waals surface area (Å²) in [5.74, 6) is 0. The van der Waals surface area contributed by atoms with Gasteiger partial charge < -0.3 is 0 Å². The first-order valence-corrected chi connectivity index (χ1v) is 4.90. The molecule has 0 bridgehead atoms. The SMILES string of the molecule is [B]C(C)(C)c1cc(C(F)(F)F)cc(C(F)(F)F)c1. The van der Waals surface area contributed by atoms with Crippen molar-refractivity contribution in [3.05, 3.63) is 34.9 Å². The van der Waals surface area contributed by atoms with E-state index in [1.807, 2.05) is 0 Å². The third-order valence-corrected chi connectivity index (χ3v) is 2.33. The molecule has 0 aliphatic carbocycles. The molecule has 0 spiro atoms. The maximum Gasteiger partial charge on any atom is 0.416 e. The van der Waals surface area contributed by atoms with E-state index in [1.54, 1.807) is 0 Å². The van der Waals surface area contributed by atoms with Crippen LogP contribution in [0, 0.1) is 0 Å². The minimum atomic E-state index is -4.85. The van der Waals surface area contributed by atoms with Crippen molar-refractivity contribution in [2.45, 2.75) is 31.5 Å². The number of halogens is 6. The van der Waals surface area contributed by atoms with Crippen molar-refractivity contribution < 1.29 is 26.3 Å². The van der Waals surface area contributed by atoms with E-state index in [-0.39, 0.29) is 11.6 Å². The van der Waals surface area contributed by atoms with Gasteiger partial charge in [-0.1, -0.05) is 13.8 Å². The Bertz CT molecular complexity index is 359. The number of benzene rings is 1. The molecule has 0 aromatic heterocycles. The van der Waals surface area contributed by atoms with Gasteiger partial charge in [0.15, 0.2) is 0 Å². The zero-order valence-corrected chi connectivity index (χ0v) is 9.58. The van der Waals surface area contributed by atoms with Crippen molar-refractivity contribution >= 4 is 7.85 Å². The van der Waals surface area contributed by atoms with E-state index < -0.39 is 28.8 Å². The molecule has 0 nitrogen and oxygen atoms in total. The second-order valence-corrected chi connectivity index (χ2v) is 4.52. The van der Waals surface area contributed by atoms with Gasteiger partial charge >= 0.3 is 12.4 Å². The Morgan fingerprint density at radius 3 is 1.22 bits per heavy atom. The lowest BCUT2D eigenvalue weighted by atomic mass is 9.67. The molecule has 18 heavy (non-hydrogen) atoms. The van der Waals surface area contributed by atoms with Crippen molar-refractivity contribution in [1.82, 2.24) is 0 Å². The Morgan fingerprint density at radius 2 is 1.00 bits per heavy atom. The molecule has 0 saturated heterocycles. The van der Waals surface area contributed by atoms with E-state index in [0.29, 0.717) is 12.1 Å². The van der Waals surface area contributed by atoms with Gasteiger partial charge in [-0.3, -0.25) is 0 Å². The van der Waals surface area contributed by atoms with Crippen molar-refractivity contribution in [2.75, 3.05) is 0 Å². The van der Waals surface area contributed by atoms with Crippen LogP contribution in [0.25, 0.3) is 0 Å². The second-order valence-electron chi connectivity index (χ2n) is 4.52. The zero-order chi connectivity index (χ0) is 14.4. The van der Waals surface area contributed by atoms with Crippen LogP contribution < -0.4 is 0 Å². The summed E-state index contributed by atoms with van der Waals surface area (Å²) in [6.45, 7) is 2.67. The largest absolute Gasteiger partial charge is 0.416 e. The van der Waals surface area contributed by atoms with E-state index in [9.17, 15) is 26.3 Å². The summed E-state index contributed by atoms with van der Waals surface area (Å²) < 4.78 is 75.1. The minimum absolute atomic E-state index is 0.0786. The molecule has 0 unspecified atom stereocenters. The first kappa shape index (κ1) is 14.9. The molecule has 0 heterocycles. The van der Waals surface area contributed by atoms with Crippen LogP contribution in [0.5, 0.6) is 0 Å². The highest BCUT2D eigenvalue weighted by molar-refractivity contribution is 6.15. The lowest BCUT2D eigenvalue weighted by Crippen LogP contribution is -2.20. The van der Waals surface area contributed by atoms with Crippen molar-refractivity contribution in [2.24, 2.45) is 0 Å². The summed E-state index contributed by atoms with van der Waals surface area (Å²) >= 11 is 0. The highest BCUT2D eigenvalue weighted by Crippen LogP contribution is 2.38. The van der Waals surface area contributed by atoms with Crippen LogP contribution >= 0.6 is 0 Å². The van der Waals surface area contributed by atoms with Gasteiger partial charge in [-0.05, 0) is 29.1 Å². The summed E-state index contributed by atoms with van der Waals surface area (Å²) in [5.41, 5.74) is -2.93. The molecule has 0 amide bonds. The minimum Gasteiger partial charge on any atom is -0.166 e. The van der Waals surface area contributed by atoms with Gasteiger partial charge in [0, 0.05) is 0 Å². The van der Waals surface area contributed by atoms with E-state index in [2.05, 4.69) is 0 Å². The van der Waals surface area contributed by atoms with Crippen LogP contribution in [-0.4, -0.2) is 7.85 Å². The van der Waals surface area contributed by atoms with Crippen LogP contribution in [-0.2, 0) is 17.7 Å². The normalized spacial score (nSPS) is 13.8. The van der Waals surface area contributed by atoms with Crippen molar-refractivity contribution in [1.29, 1.82) is 0 Å². The van der Waals surface area contributed by atoms with E-state index >= 15 is 0 Å². The number of hydrogen-bond donors (Lipinski definition) is 0. The Hall–Kier alpha value is -1.14. The monoisotopic (exact) mass is 266 g/mol. The molecule has 1 rings (SSSR count). The van der Waals surface area contributed by atoms with Gasteiger partial charge in [-0.15, -0.1) is 0 Å². The van der Waals surface area contributed by atoms with Crippen LogP contribution in [0.4, 0.5) is 26.3 Å². The molecule has 0 saturated carbocycles. The maximum absolute atomic E-state index is 12.5. The van der Waals surface area contributed by atoms with Crippen LogP contribution in [0.15, 0.2) is 18.2 Å². The molecule has 98 valence electrons. The molecule has 1 aromatic carbocycles. The molecular weight excluding hydrogens is 257 g/mol. The summed E-state index contributed by atoms with van der Waals surface area (Å²) in [6.07, 6.45) is -9.69. The summed E-state index contributed by atoms with van der Waals surface area (Å²) in [7, 11) is 5.55. The third kappa shape index (κ3) is 3.43. The van der Waals surface area contributed by atoms with E-state index in [1.165, 1.54) is 13.8 Å². The first-order valence-electron chi connectivity index (χ1n) is 4.90. The van der Waals surface area contributed by atoms with E-state index in [0.717, 1.165) is 0 Å². The fourth-order valence-electron chi connectivity index (χ4n) is 1.33. The fourth-order valence-corrected chi connectivity index (χ4v) is 1.33. The molecule has 2 radical (unpaired) electrons. The molecule has 0 aliphatic heterocycles. The molecule has 0 N–H and O–H groups in total. The summed E-state index contributed by atoms with van der Waals surface area (Å²) in [6, 6.07) is 1.35. The van der Waals surface area contributed by atoms with Gasteiger partial charge in [0.25, 0.3) is 0 Å². The second kappa shape index (κ2) is 4.21. The third-order valence-electron chi connectivity index (χ3n) is 2.33. The van der Waals surface area contributed by atoms with Crippen molar-refractivity contribution in [3.63, 3.8) is 0 Å². The highest BCUT2D eigenvalue weighted by atomic mass is 19.4. The first-order chi connectivity index (χ1) is 7.82. The van der Waals surface area contributed by atoms with Gasteiger partial charge in [0.2, 0.25) is 0 Å². The smallest absolute Gasteiger partial charge is 0.166 e. The number of rotatable bonds is 1. The average molecular weight is 266 g/mol. The van der Waals surface area contributed by atoms with Crippen LogP contribution in [0.1, 0.15) is 30.5 Å². The fraction of sp³-hybridized carbons (Fsp3) is 0.455. The Labute approximate surface area is 101 Å². The molecule has 0 atom stereocenters. The standard InChI is InChI=1S/C11H9BF6/c1-9(2,12)6-3-7(10(13,14)15)5-8(4-6)11(16,17)18/h3-5H,1-2H3. The van der Waals surface area contributed by atoms with Gasteiger partial charge in [-0.25, -0.2) is 0 Å². The quantitative estimate of drug-likeness (QED) is 0.529. The van der Waals surface area contributed by atoms with Crippen molar-refractivity contribution in [3.8, 4) is 0 Å². The Morgan fingerprint density at radius 1 is 0.722 bits per heavy atom. The molecular formula is C11H9BF6. The molecule has 7 heteroatoms. The topological polar surface area (TPSA) is 0 Å². The average Bonchev–Trinajstić information content (AvgIpc) is 2.13. The Kier molecular flexibility index (Phi) is 3.49. The number of hydrogen-bond acceptors (Lipinski definition) is 0. The lowest BCUT2D eigenvalue weighted by molar-refractivity contribution is -0.143. The van der Waals surface area contributed by atoms with Crippen LogP contribution in [0.3, 0.4) is 0 Å². The predicted molar refractivity (Wildman–Crippen MR) is 55.2 cm³/mol. The summed E-state index contributed by atoms with van der Waals surface area (Å²) in [5, 5.41) is -1.29.